The summed E-state index contributed by atoms with van der Waals surface area (Å²) in [7, 11) is 1.81. The molecule has 0 saturated heterocycles. The predicted octanol–water partition coefficient (Wildman–Crippen LogP) is 4.01. The maximum absolute atomic E-state index is 5.68. The van der Waals surface area contributed by atoms with Gasteiger partial charge in [-0.15, -0.1) is 24.0 Å². The van der Waals surface area contributed by atoms with E-state index in [4.69, 9.17) is 4.74 Å². The number of aliphatic imine (C=N–C) groups is 1. The van der Waals surface area contributed by atoms with Gasteiger partial charge in [-0.2, -0.15) is 0 Å². The van der Waals surface area contributed by atoms with E-state index in [2.05, 4.69) is 86.3 Å². The van der Waals surface area contributed by atoms with Crippen molar-refractivity contribution in [1.29, 1.82) is 0 Å². The summed E-state index contributed by atoms with van der Waals surface area (Å²) >= 11 is 0. The molecule has 0 aliphatic rings. The maximum atomic E-state index is 5.68. The van der Waals surface area contributed by atoms with Gasteiger partial charge in [-0.25, -0.2) is 0 Å². The molecule has 0 heterocycles. The van der Waals surface area contributed by atoms with Gasteiger partial charge in [-0.1, -0.05) is 24.3 Å². The third kappa shape index (κ3) is 10.9. The Labute approximate surface area is 183 Å². The van der Waals surface area contributed by atoms with E-state index < -0.39 is 0 Å². The minimum absolute atomic E-state index is 0. The number of rotatable bonds is 10. The monoisotopic (exact) mass is 490 g/mol. The van der Waals surface area contributed by atoms with Crippen molar-refractivity contribution < 1.29 is 4.74 Å². The molecule has 2 N–H and O–H groups in total. The fourth-order valence-corrected chi connectivity index (χ4v) is 2.91. The highest BCUT2D eigenvalue weighted by molar-refractivity contribution is 14.0. The van der Waals surface area contributed by atoms with Crippen LogP contribution in [-0.4, -0.2) is 49.2 Å². The molecule has 1 rings (SSSR count). The zero-order chi connectivity index (χ0) is 19.5. The molecule has 0 aliphatic heterocycles. The van der Waals surface area contributed by atoms with E-state index in [0.29, 0.717) is 18.7 Å². The fourth-order valence-electron chi connectivity index (χ4n) is 2.91. The van der Waals surface area contributed by atoms with Gasteiger partial charge >= 0.3 is 0 Å². The molecule has 0 fully saturated rings. The Kier molecular flexibility index (Phi) is 13.7. The van der Waals surface area contributed by atoms with Crippen LogP contribution in [0.2, 0.25) is 0 Å². The Bertz CT molecular complexity index is 539. The third-order valence-electron chi connectivity index (χ3n) is 4.25. The van der Waals surface area contributed by atoms with Crippen LogP contribution in [0.25, 0.3) is 0 Å². The molecule has 0 radical (unpaired) electrons. The second-order valence-electron chi connectivity index (χ2n) is 7.46. The van der Waals surface area contributed by atoms with Crippen molar-refractivity contribution in [3.63, 3.8) is 0 Å². The van der Waals surface area contributed by atoms with Crippen molar-refractivity contribution in [2.45, 2.75) is 72.9 Å². The van der Waals surface area contributed by atoms with Gasteiger partial charge in [0.2, 0.25) is 0 Å². The van der Waals surface area contributed by atoms with Crippen LogP contribution in [0.5, 0.6) is 0 Å². The van der Waals surface area contributed by atoms with E-state index in [1.807, 2.05) is 7.05 Å². The van der Waals surface area contributed by atoms with Crippen LogP contribution in [0.1, 0.15) is 52.7 Å². The quantitative estimate of drug-likeness (QED) is 0.296. The van der Waals surface area contributed by atoms with Gasteiger partial charge in [-0.05, 0) is 52.7 Å². The molecule has 0 aromatic heterocycles. The van der Waals surface area contributed by atoms with Gasteiger partial charge in [0.15, 0.2) is 5.96 Å². The largest absolute Gasteiger partial charge is 0.374 e. The van der Waals surface area contributed by atoms with E-state index in [1.54, 1.807) is 0 Å². The molecule has 1 aromatic rings. The van der Waals surface area contributed by atoms with E-state index >= 15 is 0 Å². The predicted molar refractivity (Wildman–Crippen MR) is 127 cm³/mol. The average Bonchev–Trinajstić information content (AvgIpc) is 2.59. The Morgan fingerprint density at radius 1 is 1.04 bits per heavy atom. The standard InChI is InChI=1S/C21H38N4O.HI/c1-16(2)25(17(3)4)12-11-23-21(22-7)24-14-19-9-8-10-20(13-19)15-26-18(5)6;/h8-10,13,16-18H,11-12,14-15H2,1-7H3,(H2,22,23,24);1H. The van der Waals surface area contributed by atoms with Crippen LogP contribution in [0.15, 0.2) is 29.3 Å². The first-order chi connectivity index (χ1) is 12.3. The number of halogens is 1. The lowest BCUT2D eigenvalue weighted by atomic mass is 10.1. The van der Waals surface area contributed by atoms with Crippen LogP contribution in [0.4, 0.5) is 0 Å². The van der Waals surface area contributed by atoms with Crippen molar-refractivity contribution >= 4 is 29.9 Å². The highest BCUT2D eigenvalue weighted by atomic mass is 127. The summed E-state index contributed by atoms with van der Waals surface area (Å²) in [5, 5.41) is 6.80. The molecule has 0 saturated carbocycles. The molecule has 1 aromatic carbocycles. The van der Waals surface area contributed by atoms with Gasteiger partial charge in [0.1, 0.15) is 0 Å². The normalized spacial score (nSPS) is 12.0. The fraction of sp³-hybridized carbons (Fsp3) is 0.667. The third-order valence-corrected chi connectivity index (χ3v) is 4.25. The Morgan fingerprint density at radius 3 is 2.22 bits per heavy atom. The molecule has 0 spiro atoms. The molecule has 0 bridgehead atoms. The van der Waals surface area contributed by atoms with Gasteiger partial charge in [-0.3, -0.25) is 9.89 Å². The summed E-state index contributed by atoms with van der Waals surface area (Å²) in [4.78, 5) is 6.79. The Hall–Kier alpha value is -0.860. The Morgan fingerprint density at radius 2 is 1.67 bits per heavy atom. The first kappa shape index (κ1) is 26.1. The maximum Gasteiger partial charge on any atom is 0.191 e. The summed E-state index contributed by atoms with van der Waals surface area (Å²) in [6.45, 7) is 16.3. The highest BCUT2D eigenvalue weighted by Gasteiger charge is 2.12. The topological polar surface area (TPSA) is 48.9 Å². The van der Waals surface area contributed by atoms with Crippen LogP contribution in [0, 0.1) is 0 Å². The summed E-state index contributed by atoms with van der Waals surface area (Å²) < 4.78 is 5.68. The summed E-state index contributed by atoms with van der Waals surface area (Å²) in [5.41, 5.74) is 2.43. The van der Waals surface area contributed by atoms with E-state index in [1.165, 1.54) is 11.1 Å². The van der Waals surface area contributed by atoms with Crippen molar-refractivity contribution in [3.8, 4) is 0 Å². The molecule has 0 atom stereocenters. The highest BCUT2D eigenvalue weighted by Crippen LogP contribution is 2.08. The lowest BCUT2D eigenvalue weighted by Gasteiger charge is -2.30. The lowest BCUT2D eigenvalue weighted by molar-refractivity contribution is 0.0657. The van der Waals surface area contributed by atoms with Crippen LogP contribution in [0.3, 0.4) is 0 Å². The summed E-state index contributed by atoms with van der Waals surface area (Å²) in [6, 6.07) is 9.58. The lowest BCUT2D eigenvalue weighted by Crippen LogP contribution is -2.45. The van der Waals surface area contributed by atoms with Gasteiger partial charge < -0.3 is 15.4 Å². The molecule has 0 unspecified atom stereocenters. The average molecular weight is 490 g/mol. The van der Waals surface area contributed by atoms with Gasteiger partial charge in [0.25, 0.3) is 0 Å². The number of hydrogen-bond donors (Lipinski definition) is 2. The van der Waals surface area contributed by atoms with Gasteiger partial charge in [0, 0.05) is 38.8 Å². The van der Waals surface area contributed by atoms with Crippen LogP contribution in [-0.2, 0) is 17.9 Å². The minimum atomic E-state index is 0. The molecule has 6 heteroatoms. The van der Waals surface area contributed by atoms with Crippen LogP contribution < -0.4 is 10.6 Å². The number of benzene rings is 1. The summed E-state index contributed by atoms with van der Waals surface area (Å²) in [6.07, 6.45) is 0.246. The van der Waals surface area contributed by atoms with Gasteiger partial charge in [0.05, 0.1) is 12.7 Å². The molecular weight excluding hydrogens is 451 g/mol. The smallest absolute Gasteiger partial charge is 0.191 e. The summed E-state index contributed by atoms with van der Waals surface area (Å²) in [5.74, 6) is 0.835. The molecule has 0 aliphatic carbocycles. The zero-order valence-electron chi connectivity index (χ0n) is 18.1. The Balaban J connectivity index is 0.00000676. The molecule has 5 nitrogen and oxygen atoms in total. The van der Waals surface area contributed by atoms with Crippen LogP contribution >= 0.6 is 24.0 Å². The molecule has 0 amide bonds. The van der Waals surface area contributed by atoms with Crippen molar-refractivity contribution in [2.75, 3.05) is 20.1 Å². The minimum Gasteiger partial charge on any atom is -0.374 e. The number of guanidine groups is 1. The second kappa shape index (κ2) is 14.2. The molecule has 27 heavy (non-hydrogen) atoms. The second-order valence-corrected chi connectivity index (χ2v) is 7.46. The molecular formula is C21H39IN4O. The molecule has 156 valence electrons. The van der Waals surface area contributed by atoms with E-state index in [-0.39, 0.29) is 30.1 Å². The van der Waals surface area contributed by atoms with Crippen molar-refractivity contribution in [2.24, 2.45) is 4.99 Å². The SMILES string of the molecule is CN=C(NCCN(C(C)C)C(C)C)NCc1cccc(COC(C)C)c1.I. The van der Waals surface area contributed by atoms with Crippen molar-refractivity contribution in [1.82, 2.24) is 15.5 Å². The van der Waals surface area contributed by atoms with E-state index in [0.717, 1.165) is 25.6 Å². The van der Waals surface area contributed by atoms with Crippen molar-refractivity contribution in [3.05, 3.63) is 35.4 Å². The zero-order valence-corrected chi connectivity index (χ0v) is 20.4. The first-order valence-corrected chi connectivity index (χ1v) is 9.73. The number of nitrogens with one attached hydrogen (secondary N) is 2. The first-order valence-electron chi connectivity index (χ1n) is 9.73. The van der Waals surface area contributed by atoms with E-state index in [9.17, 15) is 0 Å². The number of ether oxygens (including phenoxy) is 1. The number of nitrogens with zero attached hydrogens (tertiary/aromatic N) is 2. The number of hydrogen-bond acceptors (Lipinski definition) is 3.